The molecule has 0 radical (unpaired) electrons. The highest BCUT2D eigenvalue weighted by Crippen LogP contribution is 2.21. The number of piperidine rings is 2. The third kappa shape index (κ3) is 6.06. The standard InChI is InChI=1S/C27H36N4O2/c1-20-7-3-5-17-30(20)26(32)28-24-13-9-22(10-14-24)19-23-11-15-25(16-12-23)29-27(33)31-18-6-4-8-21(31)2/h9-16,20-21H,3-8,17-19H2,1-2H3,(H,28,32)(H,29,33)/t20-,21-/m1/s1. The summed E-state index contributed by atoms with van der Waals surface area (Å²) in [7, 11) is 0. The summed E-state index contributed by atoms with van der Waals surface area (Å²) in [6, 6.07) is 16.7. The third-order valence-electron chi connectivity index (χ3n) is 6.95. The number of amides is 4. The highest BCUT2D eigenvalue weighted by atomic mass is 16.2. The van der Waals surface area contributed by atoms with E-state index in [2.05, 4.69) is 48.7 Å². The molecule has 33 heavy (non-hydrogen) atoms. The van der Waals surface area contributed by atoms with Gasteiger partial charge >= 0.3 is 12.1 Å². The molecule has 2 N–H and O–H groups in total. The van der Waals surface area contributed by atoms with E-state index in [4.69, 9.17) is 0 Å². The maximum atomic E-state index is 12.6. The Hall–Kier alpha value is -3.02. The van der Waals surface area contributed by atoms with Gasteiger partial charge in [-0.3, -0.25) is 0 Å². The van der Waals surface area contributed by atoms with Crippen molar-refractivity contribution in [3.8, 4) is 0 Å². The SMILES string of the molecule is C[C@@H]1CCCCN1C(=O)Nc1ccc(Cc2ccc(NC(=O)N3CCCC[C@H]3C)cc2)cc1. The van der Waals surface area contributed by atoms with Crippen LogP contribution in [0.2, 0.25) is 0 Å². The van der Waals surface area contributed by atoms with Crippen molar-refractivity contribution >= 4 is 23.4 Å². The third-order valence-corrected chi connectivity index (χ3v) is 6.95. The number of nitrogens with zero attached hydrogens (tertiary/aromatic N) is 2. The molecule has 2 aromatic carbocycles. The Bertz CT molecular complexity index is 864. The number of benzene rings is 2. The van der Waals surface area contributed by atoms with E-state index < -0.39 is 0 Å². The zero-order valence-corrected chi connectivity index (χ0v) is 19.8. The Morgan fingerprint density at radius 1 is 0.697 bits per heavy atom. The second-order valence-electron chi connectivity index (χ2n) is 9.51. The summed E-state index contributed by atoms with van der Waals surface area (Å²) in [4.78, 5) is 29.0. The molecule has 0 saturated carbocycles. The van der Waals surface area contributed by atoms with Gasteiger partial charge in [-0.1, -0.05) is 24.3 Å². The molecular weight excluding hydrogens is 412 g/mol. The smallest absolute Gasteiger partial charge is 0.322 e. The first-order valence-corrected chi connectivity index (χ1v) is 12.3. The lowest BCUT2D eigenvalue weighted by Gasteiger charge is -2.33. The van der Waals surface area contributed by atoms with Crippen molar-refractivity contribution in [3.05, 3.63) is 59.7 Å². The predicted octanol–water partition coefficient (Wildman–Crippen LogP) is 6.09. The van der Waals surface area contributed by atoms with Gasteiger partial charge in [0.05, 0.1) is 0 Å². The molecule has 2 saturated heterocycles. The van der Waals surface area contributed by atoms with Crippen molar-refractivity contribution in [2.24, 2.45) is 0 Å². The number of anilines is 2. The van der Waals surface area contributed by atoms with Crippen LogP contribution in [-0.4, -0.2) is 47.0 Å². The summed E-state index contributed by atoms with van der Waals surface area (Å²) in [6.45, 7) is 5.90. The number of carbonyl (C=O) groups excluding carboxylic acids is 2. The quantitative estimate of drug-likeness (QED) is 0.594. The molecule has 2 atom stereocenters. The Morgan fingerprint density at radius 3 is 1.45 bits per heavy atom. The minimum absolute atomic E-state index is 0.00784. The fourth-order valence-electron chi connectivity index (χ4n) is 4.84. The summed E-state index contributed by atoms with van der Waals surface area (Å²) in [5.41, 5.74) is 4.01. The van der Waals surface area contributed by atoms with Gasteiger partial charge in [0.2, 0.25) is 0 Å². The first-order valence-electron chi connectivity index (χ1n) is 12.3. The summed E-state index contributed by atoms with van der Waals surface area (Å²) in [6.07, 6.45) is 7.51. The van der Waals surface area contributed by atoms with Gasteiger partial charge in [-0.15, -0.1) is 0 Å². The number of likely N-dealkylation sites (tertiary alicyclic amines) is 2. The van der Waals surface area contributed by atoms with Crippen LogP contribution in [0.4, 0.5) is 21.0 Å². The van der Waals surface area contributed by atoms with E-state index in [9.17, 15) is 9.59 Å². The van der Waals surface area contributed by atoms with E-state index >= 15 is 0 Å². The molecule has 4 amide bonds. The molecule has 2 fully saturated rings. The lowest BCUT2D eigenvalue weighted by Crippen LogP contribution is -2.44. The van der Waals surface area contributed by atoms with Crippen LogP contribution >= 0.6 is 0 Å². The van der Waals surface area contributed by atoms with Crippen LogP contribution < -0.4 is 10.6 Å². The van der Waals surface area contributed by atoms with Crippen LogP contribution in [0.15, 0.2) is 48.5 Å². The predicted molar refractivity (Wildman–Crippen MR) is 134 cm³/mol. The Balaban J connectivity index is 1.29. The number of rotatable bonds is 4. The van der Waals surface area contributed by atoms with Gasteiger partial charge in [-0.05, 0) is 94.2 Å². The first kappa shape index (κ1) is 23.1. The van der Waals surface area contributed by atoms with E-state index in [-0.39, 0.29) is 12.1 Å². The second-order valence-corrected chi connectivity index (χ2v) is 9.51. The zero-order valence-electron chi connectivity index (χ0n) is 19.8. The summed E-state index contributed by atoms with van der Waals surface area (Å²) in [5, 5.41) is 6.06. The number of nitrogens with one attached hydrogen (secondary N) is 2. The van der Waals surface area contributed by atoms with Crippen LogP contribution in [0.1, 0.15) is 63.5 Å². The summed E-state index contributed by atoms with van der Waals surface area (Å²) >= 11 is 0. The summed E-state index contributed by atoms with van der Waals surface area (Å²) < 4.78 is 0. The highest BCUT2D eigenvalue weighted by Gasteiger charge is 2.24. The molecule has 2 aromatic rings. The molecule has 0 unspecified atom stereocenters. The normalized spacial score (nSPS) is 20.9. The Morgan fingerprint density at radius 2 is 1.09 bits per heavy atom. The number of urea groups is 2. The topological polar surface area (TPSA) is 64.7 Å². The van der Waals surface area contributed by atoms with Gasteiger partial charge in [0.1, 0.15) is 0 Å². The fraction of sp³-hybridized carbons (Fsp3) is 0.481. The van der Waals surface area contributed by atoms with Crippen molar-refractivity contribution in [2.45, 2.75) is 70.9 Å². The van der Waals surface area contributed by atoms with Crippen LogP contribution in [0.3, 0.4) is 0 Å². The molecular formula is C27H36N4O2. The number of carbonyl (C=O) groups is 2. The summed E-state index contributed by atoms with van der Waals surface area (Å²) in [5.74, 6) is 0. The van der Waals surface area contributed by atoms with Crippen molar-refractivity contribution in [2.75, 3.05) is 23.7 Å². The fourth-order valence-corrected chi connectivity index (χ4v) is 4.84. The van der Waals surface area contributed by atoms with Gasteiger partial charge in [0, 0.05) is 36.5 Å². The minimum Gasteiger partial charge on any atom is -0.322 e. The molecule has 4 rings (SSSR count). The number of hydrogen-bond acceptors (Lipinski definition) is 2. The van der Waals surface area contributed by atoms with Crippen molar-refractivity contribution < 1.29 is 9.59 Å². The average Bonchev–Trinajstić information content (AvgIpc) is 2.82. The minimum atomic E-state index is -0.00784. The molecule has 6 nitrogen and oxygen atoms in total. The molecule has 6 heteroatoms. The monoisotopic (exact) mass is 448 g/mol. The molecule has 0 bridgehead atoms. The zero-order chi connectivity index (χ0) is 23.2. The van der Waals surface area contributed by atoms with Crippen molar-refractivity contribution in [1.82, 2.24) is 9.80 Å². The Kier molecular flexibility index (Phi) is 7.53. The van der Waals surface area contributed by atoms with E-state index in [1.165, 1.54) is 24.0 Å². The van der Waals surface area contributed by atoms with Crippen LogP contribution in [0.25, 0.3) is 0 Å². The van der Waals surface area contributed by atoms with Gasteiger partial charge in [0.15, 0.2) is 0 Å². The van der Waals surface area contributed by atoms with Gasteiger partial charge in [-0.25, -0.2) is 9.59 Å². The highest BCUT2D eigenvalue weighted by molar-refractivity contribution is 5.90. The first-order chi connectivity index (χ1) is 16.0. The lowest BCUT2D eigenvalue weighted by atomic mass is 10.0. The van der Waals surface area contributed by atoms with E-state index in [1.54, 1.807) is 0 Å². The van der Waals surface area contributed by atoms with E-state index in [0.717, 1.165) is 56.6 Å². The molecule has 0 spiro atoms. The van der Waals surface area contributed by atoms with Crippen LogP contribution in [-0.2, 0) is 6.42 Å². The van der Waals surface area contributed by atoms with E-state index in [0.29, 0.717) is 12.1 Å². The second kappa shape index (κ2) is 10.7. The molecule has 2 aliphatic heterocycles. The van der Waals surface area contributed by atoms with Gasteiger partial charge < -0.3 is 20.4 Å². The Labute approximate surface area is 197 Å². The van der Waals surface area contributed by atoms with Crippen molar-refractivity contribution in [1.29, 1.82) is 0 Å². The molecule has 2 aliphatic rings. The average molecular weight is 449 g/mol. The van der Waals surface area contributed by atoms with Gasteiger partial charge in [-0.2, -0.15) is 0 Å². The maximum absolute atomic E-state index is 12.6. The van der Waals surface area contributed by atoms with Gasteiger partial charge in [0.25, 0.3) is 0 Å². The van der Waals surface area contributed by atoms with Crippen LogP contribution in [0, 0.1) is 0 Å². The molecule has 2 heterocycles. The lowest BCUT2D eigenvalue weighted by molar-refractivity contribution is 0.170. The molecule has 0 aliphatic carbocycles. The molecule has 0 aromatic heterocycles. The van der Waals surface area contributed by atoms with E-state index in [1.807, 2.05) is 34.1 Å². The van der Waals surface area contributed by atoms with Crippen LogP contribution in [0.5, 0.6) is 0 Å². The van der Waals surface area contributed by atoms with Crippen molar-refractivity contribution in [3.63, 3.8) is 0 Å². The maximum Gasteiger partial charge on any atom is 0.322 e. The largest absolute Gasteiger partial charge is 0.322 e. The molecule has 176 valence electrons. The number of hydrogen-bond donors (Lipinski definition) is 2.